The highest BCUT2D eigenvalue weighted by molar-refractivity contribution is 7.89. The second kappa shape index (κ2) is 9.53. The van der Waals surface area contributed by atoms with Gasteiger partial charge in [0, 0.05) is 45.6 Å². The number of halogens is 3. The number of nitrogens with one attached hydrogen (secondary N) is 2. The van der Waals surface area contributed by atoms with Gasteiger partial charge in [0.25, 0.3) is 0 Å². The normalized spacial score (nSPS) is 32.0. The maximum atomic E-state index is 13.9. The molecule has 40 heavy (non-hydrogen) atoms. The number of hydrogen-bond donors (Lipinski definition) is 2. The summed E-state index contributed by atoms with van der Waals surface area (Å²) in [6.07, 6.45) is 2.39. The monoisotopic (exact) mass is 589 g/mol. The van der Waals surface area contributed by atoms with Crippen LogP contribution in [0.2, 0.25) is 5.02 Å². The summed E-state index contributed by atoms with van der Waals surface area (Å²) >= 11 is 6.07. The van der Waals surface area contributed by atoms with Crippen LogP contribution in [0.25, 0.3) is 0 Å². The predicted octanol–water partition coefficient (Wildman–Crippen LogP) is 5.50. The fourth-order valence-electron chi connectivity index (χ4n) is 7.09. The third-order valence-electron chi connectivity index (χ3n) is 9.37. The number of sulfonamides is 1. The van der Waals surface area contributed by atoms with Gasteiger partial charge in [-0.15, -0.1) is 0 Å². The Morgan fingerprint density at radius 3 is 2.30 bits per heavy atom. The fourth-order valence-corrected chi connectivity index (χ4v) is 8.99. The average Bonchev–Trinajstić information content (AvgIpc) is 3.15. The Balaban J connectivity index is 1.18. The van der Waals surface area contributed by atoms with Crippen LogP contribution in [0, 0.1) is 16.7 Å². The molecule has 2 bridgehead atoms. The molecule has 10 heteroatoms. The quantitative estimate of drug-likeness (QED) is 0.405. The van der Waals surface area contributed by atoms with Gasteiger partial charge in [0.1, 0.15) is 6.04 Å². The molecule has 7 rings (SSSR count). The van der Waals surface area contributed by atoms with E-state index in [0.29, 0.717) is 37.1 Å². The van der Waals surface area contributed by atoms with E-state index < -0.39 is 39.4 Å². The second-order valence-corrected chi connectivity index (χ2v) is 15.0. The van der Waals surface area contributed by atoms with Crippen molar-refractivity contribution in [2.75, 3.05) is 0 Å². The second-order valence-electron chi connectivity index (χ2n) is 12.7. The summed E-state index contributed by atoms with van der Waals surface area (Å²) in [4.78, 5) is 13.4. The fraction of sp³-hybridized carbons (Fsp3) is 0.500. The molecule has 2 aromatic carbocycles. The number of nitrogens with zero attached hydrogens (tertiary/aromatic N) is 1. The minimum absolute atomic E-state index is 0.175. The van der Waals surface area contributed by atoms with Gasteiger partial charge in [0.2, 0.25) is 22.4 Å². The number of hydrogen-bond acceptors (Lipinski definition) is 4. The van der Waals surface area contributed by atoms with Gasteiger partial charge in [-0.25, -0.2) is 17.2 Å². The highest BCUT2D eigenvalue weighted by Gasteiger charge is 2.74. The number of allylic oxidation sites excluding steroid dienone is 1. The van der Waals surface area contributed by atoms with E-state index in [0.717, 1.165) is 11.3 Å². The lowest BCUT2D eigenvalue weighted by Crippen LogP contribution is -2.76. The van der Waals surface area contributed by atoms with E-state index in [4.69, 9.17) is 11.6 Å². The largest absolute Gasteiger partial charge is 0.376 e. The number of benzene rings is 2. The van der Waals surface area contributed by atoms with Crippen molar-refractivity contribution in [2.45, 2.75) is 81.4 Å². The summed E-state index contributed by atoms with van der Waals surface area (Å²) in [5.41, 5.74) is 0.685. The molecular weight excluding hydrogens is 556 g/mol. The molecule has 2 N–H and O–H groups in total. The Bertz CT molecular complexity index is 1420. The van der Waals surface area contributed by atoms with Crippen molar-refractivity contribution in [3.63, 3.8) is 0 Å². The summed E-state index contributed by atoms with van der Waals surface area (Å²) in [5.74, 6) is -0.810. The van der Waals surface area contributed by atoms with Gasteiger partial charge in [-0.05, 0) is 61.9 Å². The van der Waals surface area contributed by atoms with E-state index in [9.17, 15) is 22.0 Å². The van der Waals surface area contributed by atoms with Crippen LogP contribution in [0.15, 0.2) is 71.3 Å². The van der Waals surface area contributed by atoms with Crippen LogP contribution in [0.1, 0.15) is 51.5 Å². The third-order valence-corrected chi connectivity index (χ3v) is 11.6. The summed E-state index contributed by atoms with van der Waals surface area (Å²) in [6, 6.07) is 15.1. The zero-order chi connectivity index (χ0) is 28.5. The minimum atomic E-state index is -3.77. The van der Waals surface area contributed by atoms with Gasteiger partial charge in [-0.1, -0.05) is 61.9 Å². The van der Waals surface area contributed by atoms with Crippen molar-refractivity contribution in [2.24, 2.45) is 16.7 Å². The molecule has 4 saturated carbocycles. The molecule has 1 atom stereocenters. The molecule has 5 aliphatic rings. The van der Waals surface area contributed by atoms with E-state index >= 15 is 0 Å². The van der Waals surface area contributed by atoms with Crippen molar-refractivity contribution in [3.05, 3.63) is 77.0 Å². The van der Waals surface area contributed by atoms with Crippen LogP contribution in [-0.4, -0.2) is 42.7 Å². The summed E-state index contributed by atoms with van der Waals surface area (Å²) in [6.45, 7) is 4.23. The molecule has 0 radical (unpaired) electrons. The maximum absolute atomic E-state index is 13.9. The van der Waals surface area contributed by atoms with E-state index in [1.54, 1.807) is 46.8 Å². The maximum Gasteiger partial charge on any atom is 0.243 e. The van der Waals surface area contributed by atoms with Crippen LogP contribution in [-0.2, 0) is 21.4 Å². The highest BCUT2D eigenvalue weighted by Crippen LogP contribution is 2.74. The number of alkyl halides is 2. The molecule has 4 aliphatic carbocycles. The smallest absolute Gasteiger partial charge is 0.243 e. The third kappa shape index (κ3) is 4.54. The van der Waals surface area contributed by atoms with E-state index in [2.05, 4.69) is 16.7 Å². The van der Waals surface area contributed by atoms with Crippen LogP contribution in [0.3, 0.4) is 0 Å². The Morgan fingerprint density at radius 1 is 1.07 bits per heavy atom. The van der Waals surface area contributed by atoms with Crippen molar-refractivity contribution >= 4 is 27.5 Å². The predicted molar refractivity (Wildman–Crippen MR) is 149 cm³/mol. The summed E-state index contributed by atoms with van der Waals surface area (Å²) < 4.78 is 55.2. The molecule has 0 spiro atoms. The molecule has 214 valence electrons. The van der Waals surface area contributed by atoms with Crippen LogP contribution in [0.5, 0.6) is 0 Å². The molecule has 0 aromatic heterocycles. The summed E-state index contributed by atoms with van der Waals surface area (Å²) in [7, 11) is -3.77. The van der Waals surface area contributed by atoms with E-state index in [-0.39, 0.29) is 28.8 Å². The van der Waals surface area contributed by atoms with E-state index in [1.165, 1.54) is 0 Å². The molecule has 0 unspecified atom stereocenters. The Kier molecular flexibility index (Phi) is 6.59. The SMILES string of the molecule is CC1(C)C=C(C23CC(N(Cc4ccc(Cl)cc4)S(=O)(=O)c4ccccc4)(C2)C3)N[C@H]1C(=O)NC1CC(C(F)F)C1. The lowest BCUT2D eigenvalue weighted by atomic mass is 9.38. The minimum Gasteiger partial charge on any atom is -0.376 e. The Labute approximate surface area is 239 Å². The van der Waals surface area contributed by atoms with Crippen molar-refractivity contribution < 1.29 is 22.0 Å². The number of rotatable bonds is 9. The van der Waals surface area contributed by atoms with Gasteiger partial charge in [-0.2, -0.15) is 4.31 Å². The van der Waals surface area contributed by atoms with Crippen LogP contribution >= 0.6 is 11.6 Å². The van der Waals surface area contributed by atoms with Gasteiger partial charge >= 0.3 is 0 Å². The van der Waals surface area contributed by atoms with Crippen LogP contribution in [0.4, 0.5) is 8.78 Å². The topological polar surface area (TPSA) is 78.5 Å². The zero-order valence-electron chi connectivity index (χ0n) is 22.5. The molecule has 2 aromatic rings. The van der Waals surface area contributed by atoms with Crippen molar-refractivity contribution in [1.82, 2.24) is 14.9 Å². The molecule has 4 fully saturated rings. The number of carbonyl (C=O) groups excluding carboxylic acids is 1. The molecule has 1 amide bonds. The molecule has 1 heterocycles. The van der Waals surface area contributed by atoms with Gasteiger partial charge in [-0.3, -0.25) is 4.79 Å². The number of carbonyl (C=O) groups is 1. The van der Waals surface area contributed by atoms with Crippen LogP contribution < -0.4 is 10.6 Å². The first kappa shape index (κ1) is 27.7. The molecule has 6 nitrogen and oxygen atoms in total. The Hall–Kier alpha value is -2.49. The molecular formula is C30H34ClF2N3O3S. The Morgan fingerprint density at radius 2 is 1.70 bits per heavy atom. The molecule has 1 aliphatic heterocycles. The molecule has 0 saturated heterocycles. The standard InChI is InChI=1S/C30H34ClF2N3O3S/c1-28(2)14-24(35-25(28)27(37)34-22-12-20(13-22)26(32)33)29-16-30(17-29,18-29)36(15-19-8-10-21(31)11-9-19)40(38,39)23-6-4-3-5-7-23/h3-11,14,20,22,25-26,35H,12-13,15-18H2,1-2H3,(H,34,37)/t20?,22?,25-,29?,30?/m0/s1. The average molecular weight is 590 g/mol. The van der Waals surface area contributed by atoms with E-state index in [1.807, 2.05) is 26.0 Å². The highest BCUT2D eigenvalue weighted by atomic mass is 35.5. The first-order valence-electron chi connectivity index (χ1n) is 13.7. The van der Waals surface area contributed by atoms with Crippen molar-refractivity contribution in [1.29, 1.82) is 0 Å². The van der Waals surface area contributed by atoms with Crippen molar-refractivity contribution in [3.8, 4) is 0 Å². The lowest BCUT2D eigenvalue weighted by Gasteiger charge is -2.73. The zero-order valence-corrected chi connectivity index (χ0v) is 24.1. The van der Waals surface area contributed by atoms with Gasteiger partial charge in [0.15, 0.2) is 0 Å². The first-order chi connectivity index (χ1) is 18.8. The summed E-state index contributed by atoms with van der Waals surface area (Å²) in [5, 5.41) is 6.99. The lowest BCUT2D eigenvalue weighted by molar-refractivity contribution is -0.173. The van der Waals surface area contributed by atoms with Gasteiger partial charge in [0.05, 0.1) is 4.90 Å². The van der Waals surface area contributed by atoms with Gasteiger partial charge < -0.3 is 10.6 Å². The first-order valence-corrected chi connectivity index (χ1v) is 15.6. The number of amides is 1.